The molecule has 0 aliphatic carbocycles. The minimum atomic E-state index is -0.594. The van der Waals surface area contributed by atoms with Crippen LogP contribution in [0.3, 0.4) is 0 Å². The zero-order chi connectivity index (χ0) is 21.7. The third-order valence-electron chi connectivity index (χ3n) is 3.77. The predicted molar refractivity (Wildman–Crippen MR) is 110 cm³/mol. The molecular weight excluding hydrogens is 410 g/mol. The lowest BCUT2D eigenvalue weighted by Crippen LogP contribution is -2.18. The minimum Gasteiger partial charge on any atom is -0.488 e. The maximum Gasteiger partial charge on any atom is 0.279 e. The van der Waals surface area contributed by atoms with Crippen molar-refractivity contribution in [2.75, 3.05) is 19.0 Å². The summed E-state index contributed by atoms with van der Waals surface area (Å²) < 4.78 is 18.2. The molecule has 10 nitrogen and oxygen atoms in total. The van der Waals surface area contributed by atoms with Crippen LogP contribution in [0.2, 0.25) is 0 Å². The Morgan fingerprint density at radius 3 is 2.70 bits per heavy atom. The SMILES string of the molecule is COC[C@H](C)Oc1cc(Oc2ncc(C(N)=O)s2)cc(C(=O)Nc2ccn(C)n2)c1. The monoisotopic (exact) mass is 431 g/mol. The molecule has 0 bridgehead atoms. The van der Waals surface area contributed by atoms with E-state index in [9.17, 15) is 9.59 Å². The molecule has 0 fully saturated rings. The van der Waals surface area contributed by atoms with Crippen molar-refractivity contribution in [3.63, 3.8) is 0 Å². The van der Waals surface area contributed by atoms with E-state index in [1.54, 1.807) is 43.2 Å². The fraction of sp³-hybridized carbons (Fsp3) is 0.263. The summed E-state index contributed by atoms with van der Waals surface area (Å²) in [5.74, 6) is 0.155. The van der Waals surface area contributed by atoms with Crippen molar-refractivity contribution in [3.8, 4) is 16.7 Å². The Labute approximate surface area is 176 Å². The van der Waals surface area contributed by atoms with E-state index >= 15 is 0 Å². The smallest absolute Gasteiger partial charge is 0.279 e. The average molecular weight is 431 g/mol. The third kappa shape index (κ3) is 5.55. The van der Waals surface area contributed by atoms with Crippen molar-refractivity contribution in [3.05, 3.63) is 47.1 Å². The van der Waals surface area contributed by atoms with Crippen LogP contribution in [0, 0.1) is 0 Å². The molecular formula is C19H21N5O5S. The lowest BCUT2D eigenvalue weighted by atomic mass is 10.2. The molecule has 0 aliphatic heterocycles. The van der Waals surface area contributed by atoms with Crippen LogP contribution in [-0.2, 0) is 11.8 Å². The Balaban J connectivity index is 1.86. The highest BCUT2D eigenvalue weighted by Crippen LogP contribution is 2.31. The summed E-state index contributed by atoms with van der Waals surface area (Å²) in [6.45, 7) is 2.21. The van der Waals surface area contributed by atoms with Gasteiger partial charge in [-0.15, -0.1) is 0 Å². The van der Waals surface area contributed by atoms with Crippen molar-refractivity contribution in [1.82, 2.24) is 14.8 Å². The zero-order valence-corrected chi connectivity index (χ0v) is 17.4. The van der Waals surface area contributed by atoms with Gasteiger partial charge in [0.1, 0.15) is 22.5 Å². The van der Waals surface area contributed by atoms with Crippen LogP contribution < -0.4 is 20.5 Å². The fourth-order valence-electron chi connectivity index (χ4n) is 2.52. The summed E-state index contributed by atoms with van der Waals surface area (Å²) >= 11 is 1.00. The van der Waals surface area contributed by atoms with Gasteiger partial charge in [0.2, 0.25) is 0 Å². The van der Waals surface area contributed by atoms with Crippen LogP contribution in [0.4, 0.5) is 5.82 Å². The normalized spacial score (nSPS) is 11.7. The second-order valence-corrected chi connectivity index (χ2v) is 7.36. The lowest BCUT2D eigenvalue weighted by Gasteiger charge is -2.15. The van der Waals surface area contributed by atoms with Gasteiger partial charge >= 0.3 is 0 Å². The maximum atomic E-state index is 12.7. The molecule has 3 aromatic rings. The lowest BCUT2D eigenvalue weighted by molar-refractivity contribution is 0.0915. The number of nitrogens with zero attached hydrogens (tertiary/aromatic N) is 3. The Kier molecular flexibility index (Phi) is 6.65. The van der Waals surface area contributed by atoms with Crippen molar-refractivity contribution in [2.24, 2.45) is 12.8 Å². The predicted octanol–water partition coefficient (Wildman–Crippen LogP) is 2.43. The number of anilines is 1. The molecule has 30 heavy (non-hydrogen) atoms. The largest absolute Gasteiger partial charge is 0.488 e. The number of amides is 2. The molecule has 2 aromatic heterocycles. The molecule has 3 rings (SSSR count). The van der Waals surface area contributed by atoms with Crippen LogP contribution in [-0.4, -0.2) is 46.4 Å². The molecule has 1 aromatic carbocycles. The summed E-state index contributed by atoms with van der Waals surface area (Å²) in [6, 6.07) is 6.43. The summed E-state index contributed by atoms with van der Waals surface area (Å²) in [7, 11) is 3.32. The number of thiazole rings is 1. The van der Waals surface area contributed by atoms with E-state index in [0.29, 0.717) is 29.5 Å². The summed E-state index contributed by atoms with van der Waals surface area (Å²) in [4.78, 5) is 28.3. The van der Waals surface area contributed by atoms with E-state index in [4.69, 9.17) is 19.9 Å². The van der Waals surface area contributed by atoms with Crippen LogP contribution in [0.1, 0.15) is 27.0 Å². The Bertz CT molecular complexity index is 1050. The number of aromatic nitrogens is 3. The molecule has 0 saturated heterocycles. The highest BCUT2D eigenvalue weighted by Gasteiger charge is 2.15. The van der Waals surface area contributed by atoms with Crippen LogP contribution in [0.5, 0.6) is 16.7 Å². The Morgan fingerprint density at radius 1 is 1.30 bits per heavy atom. The van der Waals surface area contributed by atoms with E-state index in [1.807, 2.05) is 6.92 Å². The number of rotatable bonds is 9. The van der Waals surface area contributed by atoms with Crippen LogP contribution in [0.15, 0.2) is 36.7 Å². The number of nitrogens with one attached hydrogen (secondary N) is 1. The van der Waals surface area contributed by atoms with Crippen molar-refractivity contribution < 1.29 is 23.8 Å². The van der Waals surface area contributed by atoms with Gasteiger partial charge in [0.15, 0.2) is 5.82 Å². The molecule has 0 spiro atoms. The quantitative estimate of drug-likeness (QED) is 0.532. The van der Waals surface area contributed by atoms with E-state index in [-0.39, 0.29) is 22.1 Å². The summed E-state index contributed by atoms with van der Waals surface area (Å²) in [6.07, 6.45) is 2.80. The Hall–Kier alpha value is -3.44. The van der Waals surface area contributed by atoms with Gasteiger partial charge in [-0.05, 0) is 19.1 Å². The number of carbonyl (C=O) groups is 2. The molecule has 158 valence electrons. The first-order valence-electron chi connectivity index (χ1n) is 8.89. The topological polar surface area (TPSA) is 131 Å². The van der Waals surface area contributed by atoms with Crippen molar-refractivity contribution in [1.29, 1.82) is 0 Å². The van der Waals surface area contributed by atoms with Gasteiger partial charge in [-0.3, -0.25) is 14.3 Å². The number of hydrogen-bond donors (Lipinski definition) is 2. The van der Waals surface area contributed by atoms with Crippen molar-refractivity contribution >= 4 is 29.0 Å². The standard InChI is InChI=1S/C19H21N5O5S/c1-11(10-27-3)28-13-6-12(18(26)22-16-4-5-24(2)23-16)7-14(8-13)29-19-21-9-15(30-19)17(20)25/h4-9,11H,10H2,1-3H3,(H2,20,25)(H,22,23,26)/t11-/m0/s1. The first kappa shape index (κ1) is 21.3. The maximum absolute atomic E-state index is 12.7. The minimum absolute atomic E-state index is 0.210. The second-order valence-electron chi connectivity index (χ2n) is 6.36. The molecule has 2 heterocycles. The molecule has 2 amide bonds. The first-order chi connectivity index (χ1) is 14.3. The number of carbonyl (C=O) groups excluding carboxylic acids is 2. The summed E-state index contributed by atoms with van der Waals surface area (Å²) in [5.41, 5.74) is 5.55. The van der Waals surface area contributed by atoms with Gasteiger partial charge in [0, 0.05) is 38.1 Å². The molecule has 0 radical (unpaired) electrons. The van der Waals surface area contributed by atoms with Gasteiger partial charge in [-0.25, -0.2) is 4.98 Å². The number of nitrogens with two attached hydrogens (primary N) is 1. The number of hydrogen-bond acceptors (Lipinski definition) is 8. The first-order valence-corrected chi connectivity index (χ1v) is 9.71. The Morgan fingerprint density at radius 2 is 2.07 bits per heavy atom. The molecule has 0 aliphatic rings. The zero-order valence-electron chi connectivity index (χ0n) is 16.6. The van der Waals surface area contributed by atoms with Crippen molar-refractivity contribution in [2.45, 2.75) is 13.0 Å². The fourth-order valence-corrected chi connectivity index (χ4v) is 3.16. The van der Waals surface area contributed by atoms with Gasteiger partial charge in [-0.1, -0.05) is 11.3 Å². The number of aryl methyl sites for hydroxylation is 1. The molecule has 0 unspecified atom stereocenters. The summed E-state index contributed by atoms with van der Waals surface area (Å²) in [5, 5.41) is 7.06. The number of ether oxygens (including phenoxy) is 3. The number of methoxy groups -OCH3 is 1. The number of primary amides is 1. The van der Waals surface area contributed by atoms with Crippen LogP contribution >= 0.6 is 11.3 Å². The molecule has 3 N–H and O–H groups in total. The highest BCUT2D eigenvalue weighted by atomic mass is 32.1. The second kappa shape index (κ2) is 9.37. The van der Waals surface area contributed by atoms with E-state index in [2.05, 4.69) is 15.4 Å². The van der Waals surface area contributed by atoms with Gasteiger partial charge in [-0.2, -0.15) is 5.10 Å². The van der Waals surface area contributed by atoms with Gasteiger partial charge < -0.3 is 25.3 Å². The molecule has 11 heteroatoms. The third-order valence-corrected chi connectivity index (χ3v) is 4.66. The number of benzene rings is 1. The van der Waals surface area contributed by atoms with Crippen LogP contribution in [0.25, 0.3) is 0 Å². The average Bonchev–Trinajstić information content (AvgIpc) is 3.30. The van der Waals surface area contributed by atoms with Gasteiger partial charge in [0.25, 0.3) is 17.0 Å². The molecule has 0 saturated carbocycles. The van der Waals surface area contributed by atoms with Gasteiger partial charge in [0.05, 0.1) is 12.8 Å². The van der Waals surface area contributed by atoms with E-state index in [1.165, 1.54) is 12.3 Å². The highest BCUT2D eigenvalue weighted by molar-refractivity contribution is 7.15. The van der Waals surface area contributed by atoms with E-state index in [0.717, 1.165) is 11.3 Å². The van der Waals surface area contributed by atoms with E-state index < -0.39 is 5.91 Å². The molecule has 1 atom stereocenters.